The van der Waals surface area contributed by atoms with Crippen LogP contribution in [0.25, 0.3) is 5.69 Å². The number of halogens is 1. The number of amides is 3. The lowest BCUT2D eigenvalue weighted by Gasteiger charge is -2.15. The van der Waals surface area contributed by atoms with E-state index < -0.39 is 17.2 Å². The van der Waals surface area contributed by atoms with Gasteiger partial charge < -0.3 is 10.6 Å². The third kappa shape index (κ3) is 4.16. The van der Waals surface area contributed by atoms with Gasteiger partial charge in [-0.25, -0.2) is 13.9 Å². The molecular formula is C22H20FN5O3. The summed E-state index contributed by atoms with van der Waals surface area (Å²) in [7, 11) is 0. The number of nitrogens with one attached hydrogen (secondary N) is 2. The quantitative estimate of drug-likeness (QED) is 0.660. The third-order valence-corrected chi connectivity index (χ3v) is 4.96. The predicted molar refractivity (Wildman–Crippen MR) is 113 cm³/mol. The fourth-order valence-corrected chi connectivity index (χ4v) is 3.35. The summed E-state index contributed by atoms with van der Waals surface area (Å²) in [5, 5.41) is 9.49. The molecule has 1 aliphatic rings. The van der Waals surface area contributed by atoms with Crippen molar-refractivity contribution >= 4 is 17.6 Å². The SMILES string of the molecule is Cc1cc(=O)c(C(=O)NCc2ccc(N3CCNC3=O)cc2)nn1-c1ccccc1F. The summed E-state index contributed by atoms with van der Waals surface area (Å²) < 4.78 is 15.4. The van der Waals surface area contributed by atoms with Crippen LogP contribution in [0.15, 0.2) is 59.4 Å². The van der Waals surface area contributed by atoms with Crippen LogP contribution in [-0.4, -0.2) is 34.8 Å². The van der Waals surface area contributed by atoms with E-state index in [0.717, 1.165) is 11.3 Å². The van der Waals surface area contributed by atoms with Gasteiger partial charge in [-0.1, -0.05) is 24.3 Å². The first-order chi connectivity index (χ1) is 14.9. The molecule has 158 valence electrons. The van der Waals surface area contributed by atoms with E-state index >= 15 is 0 Å². The number of hydrogen-bond donors (Lipinski definition) is 2. The second kappa shape index (κ2) is 8.39. The van der Waals surface area contributed by atoms with Crippen molar-refractivity contribution in [3.63, 3.8) is 0 Å². The van der Waals surface area contributed by atoms with Gasteiger partial charge in [0.25, 0.3) is 5.91 Å². The lowest BCUT2D eigenvalue weighted by Crippen LogP contribution is -2.31. The molecule has 0 atom stereocenters. The van der Waals surface area contributed by atoms with Gasteiger partial charge in [0.2, 0.25) is 5.43 Å². The lowest BCUT2D eigenvalue weighted by atomic mass is 10.2. The molecule has 2 N–H and O–H groups in total. The lowest BCUT2D eigenvalue weighted by molar-refractivity contribution is 0.0943. The maximum Gasteiger partial charge on any atom is 0.321 e. The van der Waals surface area contributed by atoms with Gasteiger partial charge in [-0.05, 0) is 36.8 Å². The fourth-order valence-electron chi connectivity index (χ4n) is 3.35. The van der Waals surface area contributed by atoms with Gasteiger partial charge in [0.15, 0.2) is 5.69 Å². The first kappa shape index (κ1) is 20.3. The van der Waals surface area contributed by atoms with E-state index in [2.05, 4.69) is 15.7 Å². The van der Waals surface area contributed by atoms with Gasteiger partial charge in [0.1, 0.15) is 11.5 Å². The second-order valence-electron chi connectivity index (χ2n) is 7.09. The van der Waals surface area contributed by atoms with E-state index in [1.54, 1.807) is 48.2 Å². The summed E-state index contributed by atoms with van der Waals surface area (Å²) in [5.41, 5.74) is 1.25. The van der Waals surface area contributed by atoms with Crippen molar-refractivity contribution in [2.45, 2.75) is 13.5 Å². The number of aryl methyl sites for hydroxylation is 1. The molecule has 2 aromatic carbocycles. The summed E-state index contributed by atoms with van der Waals surface area (Å²) in [4.78, 5) is 38.3. The topological polar surface area (TPSA) is 96.3 Å². The Morgan fingerprint density at radius 2 is 1.90 bits per heavy atom. The van der Waals surface area contributed by atoms with E-state index in [4.69, 9.17) is 0 Å². The minimum atomic E-state index is -0.655. The average Bonchev–Trinajstić information content (AvgIpc) is 3.19. The van der Waals surface area contributed by atoms with Crippen molar-refractivity contribution in [3.05, 3.63) is 87.6 Å². The van der Waals surface area contributed by atoms with Crippen molar-refractivity contribution in [1.29, 1.82) is 0 Å². The molecule has 0 aliphatic carbocycles. The second-order valence-corrected chi connectivity index (χ2v) is 7.09. The van der Waals surface area contributed by atoms with Gasteiger partial charge in [0, 0.05) is 37.1 Å². The molecule has 1 fully saturated rings. The highest BCUT2D eigenvalue weighted by Crippen LogP contribution is 2.17. The van der Waals surface area contributed by atoms with Crippen molar-refractivity contribution < 1.29 is 14.0 Å². The molecule has 3 amide bonds. The van der Waals surface area contributed by atoms with Gasteiger partial charge >= 0.3 is 6.03 Å². The van der Waals surface area contributed by atoms with E-state index in [-0.39, 0.29) is 24.0 Å². The molecule has 9 heteroatoms. The number of anilines is 1. The maximum absolute atomic E-state index is 14.2. The van der Waals surface area contributed by atoms with Crippen LogP contribution in [0.4, 0.5) is 14.9 Å². The van der Waals surface area contributed by atoms with Gasteiger partial charge in [-0.2, -0.15) is 5.10 Å². The van der Waals surface area contributed by atoms with Crippen LogP contribution in [0.2, 0.25) is 0 Å². The number of nitrogens with zero attached hydrogens (tertiary/aromatic N) is 3. The summed E-state index contributed by atoms with van der Waals surface area (Å²) >= 11 is 0. The normalized spacial score (nSPS) is 13.2. The molecule has 8 nitrogen and oxygen atoms in total. The highest BCUT2D eigenvalue weighted by Gasteiger charge is 2.21. The number of benzene rings is 2. The highest BCUT2D eigenvalue weighted by atomic mass is 19.1. The Labute approximate surface area is 177 Å². The van der Waals surface area contributed by atoms with E-state index in [1.165, 1.54) is 22.9 Å². The number of carbonyl (C=O) groups is 2. The molecule has 1 aromatic heterocycles. The minimum absolute atomic E-state index is 0.141. The number of aromatic nitrogens is 2. The first-order valence-electron chi connectivity index (χ1n) is 9.72. The zero-order valence-electron chi connectivity index (χ0n) is 16.8. The standard InChI is InChI=1S/C22H20FN5O3/c1-14-12-19(29)20(26-28(14)18-5-3-2-4-17(18)23)21(30)25-13-15-6-8-16(9-7-15)27-11-10-24-22(27)31/h2-9,12H,10-11,13H2,1H3,(H,24,31)(H,25,30). The monoisotopic (exact) mass is 421 g/mol. The molecule has 3 aromatic rings. The number of para-hydroxylation sites is 1. The zero-order valence-corrected chi connectivity index (χ0v) is 16.8. The van der Waals surface area contributed by atoms with E-state index in [9.17, 15) is 18.8 Å². The zero-order chi connectivity index (χ0) is 22.0. The van der Waals surface area contributed by atoms with Crippen LogP contribution in [-0.2, 0) is 6.54 Å². The first-order valence-corrected chi connectivity index (χ1v) is 9.72. The van der Waals surface area contributed by atoms with Crippen LogP contribution in [0.5, 0.6) is 0 Å². The Morgan fingerprint density at radius 1 is 1.16 bits per heavy atom. The third-order valence-electron chi connectivity index (χ3n) is 4.96. The van der Waals surface area contributed by atoms with E-state index in [1.807, 2.05) is 0 Å². The highest BCUT2D eigenvalue weighted by molar-refractivity contribution is 5.94. The summed E-state index contributed by atoms with van der Waals surface area (Å²) in [5.74, 6) is -1.17. The molecule has 0 unspecified atom stereocenters. The molecule has 0 radical (unpaired) electrons. The maximum atomic E-state index is 14.2. The Morgan fingerprint density at radius 3 is 2.58 bits per heavy atom. The summed E-state index contributed by atoms with van der Waals surface area (Å²) in [6.45, 7) is 2.98. The van der Waals surface area contributed by atoms with E-state index in [0.29, 0.717) is 18.8 Å². The molecule has 1 saturated heterocycles. The molecule has 0 spiro atoms. The minimum Gasteiger partial charge on any atom is -0.346 e. The number of rotatable bonds is 5. The van der Waals surface area contributed by atoms with Gasteiger partial charge in [-0.15, -0.1) is 0 Å². The number of hydrogen-bond acceptors (Lipinski definition) is 4. The number of urea groups is 1. The molecule has 4 rings (SSSR count). The van der Waals surface area contributed by atoms with Crippen LogP contribution in [0, 0.1) is 12.7 Å². The van der Waals surface area contributed by atoms with Gasteiger partial charge in [0.05, 0.1) is 0 Å². The summed E-state index contributed by atoms with van der Waals surface area (Å²) in [6.07, 6.45) is 0. The summed E-state index contributed by atoms with van der Waals surface area (Å²) in [6, 6.07) is 14.3. The Kier molecular flexibility index (Phi) is 5.48. The Balaban J connectivity index is 1.50. The number of carbonyl (C=O) groups excluding carboxylic acids is 2. The molecule has 31 heavy (non-hydrogen) atoms. The molecule has 2 heterocycles. The molecule has 0 bridgehead atoms. The van der Waals surface area contributed by atoms with Crippen LogP contribution in [0.1, 0.15) is 21.7 Å². The van der Waals surface area contributed by atoms with Gasteiger partial charge in [-0.3, -0.25) is 14.5 Å². The van der Waals surface area contributed by atoms with Crippen molar-refractivity contribution in [3.8, 4) is 5.69 Å². The van der Waals surface area contributed by atoms with Crippen molar-refractivity contribution in [1.82, 2.24) is 20.4 Å². The Bertz CT molecular complexity index is 1210. The van der Waals surface area contributed by atoms with Crippen LogP contribution < -0.4 is 21.0 Å². The van der Waals surface area contributed by atoms with Crippen LogP contribution >= 0.6 is 0 Å². The molecule has 1 aliphatic heterocycles. The molecular weight excluding hydrogens is 401 g/mol. The Hall–Kier alpha value is -4.01. The average molecular weight is 421 g/mol. The van der Waals surface area contributed by atoms with Crippen molar-refractivity contribution in [2.24, 2.45) is 0 Å². The fraction of sp³-hybridized carbons (Fsp3) is 0.182. The van der Waals surface area contributed by atoms with Crippen molar-refractivity contribution in [2.75, 3.05) is 18.0 Å². The largest absolute Gasteiger partial charge is 0.346 e. The predicted octanol–water partition coefficient (Wildman–Crippen LogP) is 2.14. The molecule has 0 saturated carbocycles. The smallest absolute Gasteiger partial charge is 0.321 e. The van der Waals surface area contributed by atoms with Crippen LogP contribution in [0.3, 0.4) is 0 Å².